The van der Waals surface area contributed by atoms with Crippen LogP contribution in [0, 0.1) is 0 Å². The summed E-state index contributed by atoms with van der Waals surface area (Å²) >= 11 is 0. The molecule has 15 heavy (non-hydrogen) atoms. The average molecular weight is 267 g/mol. The second-order valence-corrected chi connectivity index (χ2v) is 24.3. The molecule has 1 rings (SSSR count). The molecular weight excluding hydrogens is 244 g/mol. The Labute approximate surface area is 96.0 Å². The van der Waals surface area contributed by atoms with Gasteiger partial charge in [0.15, 0.2) is 13.6 Å². The van der Waals surface area contributed by atoms with Crippen molar-refractivity contribution in [1.29, 1.82) is 0 Å². The van der Waals surface area contributed by atoms with Crippen LogP contribution in [0.1, 0.15) is 6.92 Å². The molecule has 0 aliphatic carbocycles. The van der Waals surface area contributed by atoms with E-state index in [0.717, 1.165) is 6.04 Å². The van der Waals surface area contributed by atoms with Crippen molar-refractivity contribution in [2.75, 3.05) is 21.3 Å². The van der Waals surface area contributed by atoms with Crippen molar-refractivity contribution in [2.45, 2.75) is 31.8 Å². The zero-order valence-corrected chi connectivity index (χ0v) is 14.0. The highest BCUT2D eigenvalue weighted by molar-refractivity contribution is 7.48. The van der Waals surface area contributed by atoms with E-state index in [-0.39, 0.29) is 0 Å². The molecule has 7 heteroatoms. The van der Waals surface area contributed by atoms with Gasteiger partial charge in [-0.1, -0.05) is 0 Å². The van der Waals surface area contributed by atoms with Crippen LogP contribution in [0.4, 0.5) is 0 Å². The Hall–Kier alpha value is 0.491. The zero-order chi connectivity index (χ0) is 11.7. The predicted molar refractivity (Wildman–Crippen MR) is 67.1 cm³/mol. The lowest BCUT2D eigenvalue weighted by molar-refractivity contribution is -0.151. The molecule has 0 saturated carbocycles. The molecule has 0 aromatic heterocycles. The fraction of sp³-hybridized carbons (Fsp3) is 1.00. The second-order valence-electron chi connectivity index (χ2n) is 4.79. The van der Waals surface area contributed by atoms with Gasteiger partial charge >= 0.3 is 8.08 Å². The fourth-order valence-electron chi connectivity index (χ4n) is 2.32. The molecular formula is C8H22O4Si3. The van der Waals surface area contributed by atoms with Crippen LogP contribution in [-0.4, -0.2) is 51.6 Å². The smallest absolute Gasteiger partial charge is 0.308 e. The minimum atomic E-state index is -1.97. The first kappa shape index (κ1) is 13.6. The summed E-state index contributed by atoms with van der Waals surface area (Å²) in [7, 11) is 1.30. The molecule has 0 N–H and O–H groups in total. The summed E-state index contributed by atoms with van der Waals surface area (Å²) in [4.78, 5) is 0. The van der Waals surface area contributed by atoms with Gasteiger partial charge in [-0.05, 0) is 20.0 Å². The summed E-state index contributed by atoms with van der Waals surface area (Å²) in [6.45, 7) is 6.41. The number of ether oxygens (including phenoxy) is 1. The van der Waals surface area contributed by atoms with Gasteiger partial charge in [-0.3, -0.25) is 0 Å². The first-order valence-corrected chi connectivity index (χ1v) is 14.7. The van der Waals surface area contributed by atoms with Gasteiger partial charge in [-0.15, -0.1) is 0 Å². The van der Waals surface area contributed by atoms with Crippen molar-refractivity contribution in [1.82, 2.24) is 0 Å². The number of hydrogen-bond acceptors (Lipinski definition) is 4. The van der Waals surface area contributed by atoms with Crippen molar-refractivity contribution in [3.63, 3.8) is 0 Å². The van der Waals surface area contributed by atoms with Crippen LogP contribution in [0.3, 0.4) is 0 Å². The third-order valence-corrected chi connectivity index (χ3v) is 28.3. The first-order valence-electron chi connectivity index (χ1n) is 5.16. The third kappa shape index (κ3) is 2.99. The molecule has 1 saturated heterocycles. The van der Waals surface area contributed by atoms with E-state index in [1.807, 2.05) is 14.0 Å². The van der Waals surface area contributed by atoms with Crippen LogP contribution in [0.15, 0.2) is 0 Å². The maximum Gasteiger partial charge on any atom is 0.308 e. The highest BCUT2D eigenvalue weighted by atomic mass is 29.6. The average Bonchev–Trinajstić information content (AvgIpc) is 2.16. The maximum absolute atomic E-state index is 6.07. The van der Waals surface area contributed by atoms with Crippen LogP contribution in [-0.2, 0) is 18.0 Å². The Morgan fingerprint density at radius 2 is 1.80 bits per heavy atom. The van der Waals surface area contributed by atoms with Gasteiger partial charge in [0.2, 0.25) is 0 Å². The molecule has 1 heterocycles. The van der Waals surface area contributed by atoms with Crippen LogP contribution >= 0.6 is 0 Å². The van der Waals surface area contributed by atoms with Crippen molar-refractivity contribution < 1.29 is 18.0 Å². The maximum atomic E-state index is 6.07. The van der Waals surface area contributed by atoms with Gasteiger partial charge in [-0.25, -0.2) is 0 Å². The lowest BCUT2D eigenvalue weighted by Gasteiger charge is -2.47. The molecule has 1 aliphatic heterocycles. The predicted octanol–water partition coefficient (Wildman–Crippen LogP) is 0.481. The van der Waals surface area contributed by atoms with Crippen molar-refractivity contribution in [3.05, 3.63) is 0 Å². The van der Waals surface area contributed by atoms with Crippen LogP contribution in [0.25, 0.3) is 0 Å². The molecule has 0 bridgehead atoms. The highest BCUT2D eigenvalue weighted by Gasteiger charge is 2.55. The normalized spacial score (nSPS) is 48.4. The van der Waals surface area contributed by atoms with Gasteiger partial charge in [-0.2, -0.15) is 0 Å². The van der Waals surface area contributed by atoms with Crippen LogP contribution < -0.4 is 0 Å². The van der Waals surface area contributed by atoms with Gasteiger partial charge in [0.1, 0.15) is 8.55 Å². The molecule has 90 valence electrons. The molecule has 0 amide bonds. The molecule has 0 spiro atoms. The summed E-state index contributed by atoms with van der Waals surface area (Å²) < 4.78 is 22.9. The lowest BCUT2D eigenvalue weighted by atomic mass is 10.4. The van der Waals surface area contributed by atoms with E-state index in [9.17, 15) is 0 Å². The Bertz CT molecular complexity index is 192. The summed E-state index contributed by atoms with van der Waals surface area (Å²) in [5.41, 5.74) is 0. The Morgan fingerprint density at radius 1 is 1.20 bits per heavy atom. The topological polar surface area (TPSA) is 36.9 Å². The van der Waals surface area contributed by atoms with E-state index in [2.05, 4.69) is 13.1 Å². The SMILES string of the molecule is COC1(C)C[Si](C)(OC)[SiH2][Si](C)(OC)O1. The lowest BCUT2D eigenvalue weighted by Crippen LogP contribution is -2.68. The first-order chi connectivity index (χ1) is 6.80. The largest absolute Gasteiger partial charge is 0.423 e. The van der Waals surface area contributed by atoms with Crippen molar-refractivity contribution in [3.8, 4) is 0 Å². The minimum absolute atomic E-state index is 0.404. The molecule has 1 aliphatic rings. The number of rotatable bonds is 3. The van der Waals surface area contributed by atoms with Crippen LogP contribution in [0.2, 0.25) is 19.1 Å². The Kier molecular flexibility index (Phi) is 3.97. The van der Waals surface area contributed by atoms with Crippen molar-refractivity contribution >= 4 is 24.5 Å². The summed E-state index contributed by atoms with van der Waals surface area (Å²) in [5, 5.41) is 0. The molecule has 4 nitrogen and oxygen atoms in total. The third-order valence-electron chi connectivity index (χ3n) is 3.18. The van der Waals surface area contributed by atoms with Crippen molar-refractivity contribution in [2.24, 2.45) is 0 Å². The molecule has 3 unspecified atom stereocenters. The standard InChI is InChI=1S/C8H22O4Si3/c1-8(9-2)7-14(5,10-3)13-15(6,11-4)12-8/h7,13H2,1-6H3. The quantitative estimate of drug-likeness (QED) is 0.697. The van der Waals surface area contributed by atoms with E-state index >= 15 is 0 Å². The molecule has 0 aromatic carbocycles. The molecule has 0 radical (unpaired) electrons. The molecule has 3 atom stereocenters. The zero-order valence-electron chi connectivity index (χ0n) is 10.5. The van der Waals surface area contributed by atoms with Gasteiger partial charge < -0.3 is 18.0 Å². The number of hydrogen-bond donors (Lipinski definition) is 0. The Balaban J connectivity index is 2.92. The summed E-state index contributed by atoms with van der Waals surface area (Å²) in [6.07, 6.45) is 0. The molecule has 1 fully saturated rings. The van der Waals surface area contributed by atoms with Gasteiger partial charge in [0, 0.05) is 27.4 Å². The minimum Gasteiger partial charge on any atom is -0.423 e. The van der Waals surface area contributed by atoms with E-state index in [4.69, 9.17) is 18.0 Å². The van der Waals surface area contributed by atoms with E-state index in [1.165, 1.54) is 0 Å². The number of methoxy groups -OCH3 is 1. The second kappa shape index (κ2) is 4.40. The molecule has 0 aromatic rings. The van der Waals surface area contributed by atoms with Gasteiger partial charge in [0.25, 0.3) is 0 Å². The highest BCUT2D eigenvalue weighted by Crippen LogP contribution is 2.34. The summed E-state index contributed by atoms with van der Waals surface area (Å²) in [5.74, 6) is -0.501. The van der Waals surface area contributed by atoms with E-state index in [1.54, 1.807) is 14.2 Å². The van der Waals surface area contributed by atoms with Crippen LogP contribution in [0.5, 0.6) is 0 Å². The van der Waals surface area contributed by atoms with E-state index in [0.29, 0.717) is 0 Å². The summed E-state index contributed by atoms with van der Waals surface area (Å²) in [6, 6.07) is 0.922. The Morgan fingerprint density at radius 3 is 2.20 bits per heavy atom. The monoisotopic (exact) mass is 266 g/mol. The van der Waals surface area contributed by atoms with E-state index < -0.39 is 30.3 Å². The van der Waals surface area contributed by atoms with Gasteiger partial charge in [0.05, 0.1) is 0 Å². The fourth-order valence-corrected chi connectivity index (χ4v) is 31.6.